The fourth-order valence-electron chi connectivity index (χ4n) is 2.32. The van der Waals surface area contributed by atoms with Gasteiger partial charge in [0.25, 0.3) is 0 Å². The number of anilines is 2. The van der Waals surface area contributed by atoms with Crippen LogP contribution in [0.1, 0.15) is 5.01 Å². The van der Waals surface area contributed by atoms with Crippen molar-refractivity contribution in [3.8, 4) is 10.4 Å². The van der Waals surface area contributed by atoms with Gasteiger partial charge in [-0.05, 0) is 36.4 Å². The average molecular weight is 411 g/mol. The van der Waals surface area contributed by atoms with Gasteiger partial charge in [0.1, 0.15) is 11.6 Å². The van der Waals surface area contributed by atoms with Crippen LogP contribution in [-0.4, -0.2) is 17.6 Å². The van der Waals surface area contributed by atoms with Crippen LogP contribution in [0.4, 0.5) is 25.0 Å². The number of carbonyl (C=O) groups is 1. The summed E-state index contributed by atoms with van der Waals surface area (Å²) >= 11 is 1.57. The summed E-state index contributed by atoms with van der Waals surface area (Å²) in [7, 11) is 0. The third-order valence-electron chi connectivity index (χ3n) is 3.46. The number of nitrogens with two attached hydrogens (primary N) is 1. The van der Waals surface area contributed by atoms with Crippen LogP contribution in [0.15, 0.2) is 48.7 Å². The van der Waals surface area contributed by atoms with Crippen LogP contribution in [0.5, 0.6) is 0 Å². The van der Waals surface area contributed by atoms with Gasteiger partial charge in [-0.3, -0.25) is 0 Å². The maximum absolute atomic E-state index is 13.1. The predicted molar refractivity (Wildman–Crippen MR) is 107 cm³/mol. The lowest BCUT2D eigenvalue weighted by Crippen LogP contribution is -2.19. The number of amides is 2. The highest BCUT2D eigenvalue weighted by molar-refractivity contribution is 7.15. The van der Waals surface area contributed by atoms with Crippen LogP contribution >= 0.6 is 23.7 Å². The lowest BCUT2D eigenvalue weighted by Gasteiger charge is -2.08. The molecule has 142 valence electrons. The van der Waals surface area contributed by atoms with E-state index in [0.717, 1.165) is 40.1 Å². The van der Waals surface area contributed by atoms with Crippen molar-refractivity contribution in [3.05, 3.63) is 65.3 Å². The van der Waals surface area contributed by atoms with E-state index in [-0.39, 0.29) is 18.1 Å². The molecule has 5 nitrogen and oxygen atoms in total. The standard InChI is InChI=1S/C18H16F2N4OS.ClH/c19-12-7-13(20)9-15(8-12)24-18(25)23-14-3-1-11(2-4-14)16-10-22-17(26-16)5-6-21;/h1-4,7-10H,5-6,21H2,(H2,23,24,25);1H. The summed E-state index contributed by atoms with van der Waals surface area (Å²) in [6.45, 7) is 0.556. The number of rotatable bonds is 5. The van der Waals surface area contributed by atoms with Gasteiger partial charge in [0, 0.05) is 30.1 Å². The molecule has 0 saturated heterocycles. The molecule has 2 amide bonds. The van der Waals surface area contributed by atoms with Gasteiger partial charge in [0.15, 0.2) is 0 Å². The molecule has 0 bridgehead atoms. The van der Waals surface area contributed by atoms with Crippen molar-refractivity contribution < 1.29 is 13.6 Å². The summed E-state index contributed by atoms with van der Waals surface area (Å²) in [4.78, 5) is 17.3. The highest BCUT2D eigenvalue weighted by Gasteiger charge is 2.07. The molecular formula is C18H17ClF2N4OS. The Morgan fingerprint density at radius 1 is 1.04 bits per heavy atom. The molecule has 0 saturated carbocycles. The maximum Gasteiger partial charge on any atom is 0.323 e. The number of hydrogen-bond donors (Lipinski definition) is 3. The Morgan fingerprint density at radius 2 is 1.67 bits per heavy atom. The minimum absolute atomic E-state index is 0. The third-order valence-corrected chi connectivity index (χ3v) is 4.57. The molecule has 0 aliphatic rings. The van der Waals surface area contributed by atoms with Gasteiger partial charge in [-0.1, -0.05) is 12.1 Å². The second-order valence-corrected chi connectivity index (χ2v) is 6.59. The maximum atomic E-state index is 13.1. The second kappa shape index (κ2) is 9.40. The average Bonchev–Trinajstić information content (AvgIpc) is 3.03. The number of nitrogens with zero attached hydrogens (tertiary/aromatic N) is 1. The molecule has 1 heterocycles. The summed E-state index contributed by atoms with van der Waals surface area (Å²) in [5.74, 6) is -1.52. The van der Waals surface area contributed by atoms with Crippen LogP contribution in [-0.2, 0) is 6.42 Å². The monoisotopic (exact) mass is 410 g/mol. The van der Waals surface area contributed by atoms with Gasteiger partial charge in [-0.25, -0.2) is 18.6 Å². The Morgan fingerprint density at radius 3 is 2.30 bits per heavy atom. The lowest BCUT2D eigenvalue weighted by atomic mass is 10.2. The number of hydrogen-bond acceptors (Lipinski definition) is 4. The van der Waals surface area contributed by atoms with Crippen molar-refractivity contribution in [2.45, 2.75) is 6.42 Å². The van der Waals surface area contributed by atoms with Crippen LogP contribution in [0.25, 0.3) is 10.4 Å². The molecule has 9 heteroatoms. The summed E-state index contributed by atoms with van der Waals surface area (Å²) in [5.41, 5.74) is 7.09. The van der Waals surface area contributed by atoms with Gasteiger partial charge >= 0.3 is 6.03 Å². The van der Waals surface area contributed by atoms with Crippen molar-refractivity contribution in [2.24, 2.45) is 5.73 Å². The minimum Gasteiger partial charge on any atom is -0.330 e. The van der Waals surface area contributed by atoms with E-state index in [1.54, 1.807) is 29.7 Å². The molecule has 2 aromatic carbocycles. The molecule has 0 spiro atoms. The molecule has 0 radical (unpaired) electrons. The van der Waals surface area contributed by atoms with Crippen molar-refractivity contribution in [2.75, 3.05) is 17.2 Å². The first kappa shape index (κ1) is 20.8. The molecule has 0 atom stereocenters. The summed E-state index contributed by atoms with van der Waals surface area (Å²) in [6, 6.07) is 9.41. The molecule has 3 aromatic rings. The van der Waals surface area contributed by atoms with Crippen LogP contribution < -0.4 is 16.4 Å². The van der Waals surface area contributed by atoms with Crippen molar-refractivity contribution in [1.29, 1.82) is 0 Å². The van der Waals surface area contributed by atoms with E-state index in [1.807, 2.05) is 12.1 Å². The quantitative estimate of drug-likeness (QED) is 0.572. The summed E-state index contributed by atoms with van der Waals surface area (Å²) < 4.78 is 26.3. The normalized spacial score (nSPS) is 10.2. The summed E-state index contributed by atoms with van der Waals surface area (Å²) in [5, 5.41) is 5.97. The Labute approximate surface area is 165 Å². The Hall–Kier alpha value is -2.55. The Balaban J connectivity index is 0.00000261. The number of aromatic nitrogens is 1. The largest absolute Gasteiger partial charge is 0.330 e. The molecule has 0 aliphatic heterocycles. The van der Waals surface area contributed by atoms with E-state index in [1.165, 1.54) is 0 Å². The Bertz CT molecular complexity index is 898. The number of carbonyl (C=O) groups excluding carboxylic acids is 1. The molecule has 4 N–H and O–H groups in total. The zero-order chi connectivity index (χ0) is 18.5. The molecule has 0 unspecified atom stereocenters. The number of halogens is 3. The molecule has 3 rings (SSSR count). The van der Waals surface area contributed by atoms with E-state index >= 15 is 0 Å². The van der Waals surface area contributed by atoms with E-state index in [0.29, 0.717) is 12.2 Å². The van der Waals surface area contributed by atoms with E-state index in [2.05, 4.69) is 15.6 Å². The van der Waals surface area contributed by atoms with Crippen molar-refractivity contribution in [1.82, 2.24) is 4.98 Å². The number of nitrogens with one attached hydrogen (secondary N) is 2. The zero-order valence-corrected chi connectivity index (χ0v) is 15.7. The van der Waals surface area contributed by atoms with Gasteiger partial charge in [0.05, 0.1) is 9.88 Å². The zero-order valence-electron chi connectivity index (χ0n) is 14.0. The third kappa shape index (κ3) is 5.72. The van der Waals surface area contributed by atoms with Gasteiger partial charge in [0.2, 0.25) is 0 Å². The predicted octanol–water partition coefficient (Wildman–Crippen LogP) is 4.66. The smallest absolute Gasteiger partial charge is 0.323 e. The SMILES string of the molecule is Cl.NCCc1ncc(-c2ccc(NC(=O)Nc3cc(F)cc(F)c3)cc2)s1. The number of benzene rings is 2. The Kier molecular flexibility index (Phi) is 7.23. The molecule has 1 aromatic heterocycles. The van der Waals surface area contributed by atoms with Gasteiger partial charge in [-0.2, -0.15) is 0 Å². The first-order chi connectivity index (χ1) is 12.5. The van der Waals surface area contributed by atoms with E-state index in [4.69, 9.17) is 5.73 Å². The molecule has 27 heavy (non-hydrogen) atoms. The molecular weight excluding hydrogens is 394 g/mol. The second-order valence-electron chi connectivity index (χ2n) is 5.47. The van der Waals surface area contributed by atoms with E-state index < -0.39 is 17.7 Å². The molecule has 0 aliphatic carbocycles. The van der Waals surface area contributed by atoms with Crippen LogP contribution in [0, 0.1) is 11.6 Å². The molecule has 0 fully saturated rings. The number of urea groups is 1. The highest BCUT2D eigenvalue weighted by Crippen LogP contribution is 2.27. The first-order valence-corrected chi connectivity index (χ1v) is 8.64. The number of thiazole rings is 1. The summed E-state index contributed by atoms with van der Waals surface area (Å²) in [6.07, 6.45) is 2.54. The fraction of sp³-hybridized carbons (Fsp3) is 0.111. The lowest BCUT2D eigenvalue weighted by molar-refractivity contribution is 0.262. The van der Waals surface area contributed by atoms with Crippen LogP contribution in [0.3, 0.4) is 0 Å². The minimum atomic E-state index is -0.761. The highest BCUT2D eigenvalue weighted by atomic mass is 35.5. The van der Waals surface area contributed by atoms with Crippen molar-refractivity contribution in [3.63, 3.8) is 0 Å². The van der Waals surface area contributed by atoms with E-state index in [9.17, 15) is 13.6 Å². The van der Waals surface area contributed by atoms with Gasteiger partial charge < -0.3 is 16.4 Å². The topological polar surface area (TPSA) is 80.0 Å². The fourth-order valence-corrected chi connectivity index (χ4v) is 3.26. The van der Waals surface area contributed by atoms with Gasteiger partial charge in [-0.15, -0.1) is 23.7 Å². The van der Waals surface area contributed by atoms with Crippen LogP contribution in [0.2, 0.25) is 0 Å². The van der Waals surface area contributed by atoms with Crippen molar-refractivity contribution >= 4 is 41.1 Å². The first-order valence-electron chi connectivity index (χ1n) is 7.83.